The summed E-state index contributed by atoms with van der Waals surface area (Å²) < 4.78 is 2.65. The molecule has 2 atom stereocenters. The molecule has 34 heavy (non-hydrogen) atoms. The second-order valence-electron chi connectivity index (χ2n) is 8.95. The quantitative estimate of drug-likeness (QED) is 0.560. The first-order valence-corrected chi connectivity index (χ1v) is 12.5. The molecule has 178 valence electrons. The lowest BCUT2D eigenvalue weighted by molar-refractivity contribution is 0.0891. The maximum Gasteiger partial charge on any atom is 0.324 e. The molecule has 2 aromatic heterocycles. The Hall–Kier alpha value is -2.88. The number of thiophene rings is 1. The van der Waals surface area contributed by atoms with Crippen LogP contribution in [0.25, 0.3) is 5.69 Å². The van der Waals surface area contributed by atoms with Crippen molar-refractivity contribution in [2.75, 3.05) is 32.1 Å². The minimum atomic E-state index is -0.132. The fourth-order valence-electron chi connectivity index (χ4n) is 4.76. The molecule has 2 aliphatic heterocycles. The first kappa shape index (κ1) is 22.9. The van der Waals surface area contributed by atoms with E-state index in [2.05, 4.69) is 19.8 Å². The van der Waals surface area contributed by atoms with Crippen LogP contribution in [0, 0.1) is 0 Å². The number of carbonyl (C=O) groups is 2. The number of nitrogens with zero attached hydrogens (tertiary/aromatic N) is 5. The molecule has 8 nitrogen and oxygen atoms in total. The highest BCUT2D eigenvalue weighted by Gasteiger charge is 2.44. The number of piperidine rings is 1. The third-order valence-corrected chi connectivity index (χ3v) is 7.58. The van der Waals surface area contributed by atoms with E-state index in [1.165, 1.54) is 11.3 Å². The number of fused-ring (bicyclic) bond motifs is 1. The zero-order chi connectivity index (χ0) is 23.8. The van der Waals surface area contributed by atoms with Gasteiger partial charge >= 0.3 is 6.03 Å². The summed E-state index contributed by atoms with van der Waals surface area (Å²) in [7, 11) is 4.03. The van der Waals surface area contributed by atoms with Crippen LogP contribution in [-0.2, 0) is 6.54 Å². The number of hydrogen-bond donors (Lipinski definition) is 1. The van der Waals surface area contributed by atoms with Crippen molar-refractivity contribution in [1.29, 1.82) is 0 Å². The molecule has 0 radical (unpaired) electrons. The fraction of sp³-hybridized carbons (Fsp3) is 0.375. The van der Waals surface area contributed by atoms with Crippen LogP contribution in [0.3, 0.4) is 0 Å². The number of amides is 3. The average Bonchev–Trinajstić information content (AvgIpc) is 3.54. The van der Waals surface area contributed by atoms with E-state index >= 15 is 0 Å². The van der Waals surface area contributed by atoms with Crippen LogP contribution in [0.4, 0.5) is 10.5 Å². The Bertz CT molecular complexity index is 1190. The Balaban J connectivity index is 1.31. The number of halogens is 1. The minimum absolute atomic E-state index is 0.00760. The van der Waals surface area contributed by atoms with Gasteiger partial charge in [-0.1, -0.05) is 11.6 Å². The maximum atomic E-state index is 13.2. The van der Waals surface area contributed by atoms with Crippen molar-refractivity contribution in [2.24, 2.45) is 0 Å². The molecular weight excluding hydrogens is 472 g/mol. The summed E-state index contributed by atoms with van der Waals surface area (Å²) in [4.78, 5) is 36.8. The van der Waals surface area contributed by atoms with E-state index in [0.717, 1.165) is 36.6 Å². The molecule has 0 spiro atoms. The normalized spacial score (nSPS) is 20.2. The average molecular weight is 499 g/mol. The summed E-state index contributed by atoms with van der Waals surface area (Å²) in [5.41, 5.74) is 1.86. The lowest BCUT2D eigenvalue weighted by Crippen LogP contribution is -2.54. The highest BCUT2D eigenvalue weighted by Crippen LogP contribution is 2.31. The number of nitrogens with one attached hydrogen (secondary N) is 1. The van der Waals surface area contributed by atoms with E-state index in [1.54, 1.807) is 18.3 Å². The Morgan fingerprint density at radius 1 is 1.21 bits per heavy atom. The number of rotatable bonds is 6. The highest BCUT2D eigenvalue weighted by atomic mass is 35.5. The van der Waals surface area contributed by atoms with E-state index < -0.39 is 0 Å². The fourth-order valence-corrected chi connectivity index (χ4v) is 5.71. The van der Waals surface area contributed by atoms with E-state index in [4.69, 9.17) is 11.6 Å². The van der Waals surface area contributed by atoms with Gasteiger partial charge in [0.1, 0.15) is 5.82 Å². The second kappa shape index (κ2) is 9.40. The van der Waals surface area contributed by atoms with Crippen molar-refractivity contribution in [2.45, 2.75) is 31.5 Å². The minimum Gasteiger partial charge on any atom is -0.346 e. The van der Waals surface area contributed by atoms with Crippen molar-refractivity contribution in [3.63, 3.8) is 0 Å². The number of carbonyl (C=O) groups excluding carboxylic acids is 2. The highest BCUT2D eigenvalue weighted by molar-refractivity contribution is 7.18. The van der Waals surface area contributed by atoms with Crippen LogP contribution < -0.4 is 10.2 Å². The lowest BCUT2D eigenvalue weighted by Gasteiger charge is -2.35. The van der Waals surface area contributed by atoms with Crippen molar-refractivity contribution >= 4 is 40.6 Å². The molecule has 3 amide bonds. The molecular formula is C24H27ClN6O2S. The predicted octanol–water partition coefficient (Wildman–Crippen LogP) is 3.85. The van der Waals surface area contributed by atoms with Crippen molar-refractivity contribution in [1.82, 2.24) is 24.7 Å². The summed E-state index contributed by atoms with van der Waals surface area (Å²) >= 11 is 7.25. The van der Waals surface area contributed by atoms with Crippen LogP contribution in [-0.4, -0.2) is 70.6 Å². The van der Waals surface area contributed by atoms with Crippen LogP contribution in [0.5, 0.6) is 0 Å². The molecule has 4 heterocycles. The number of urea groups is 1. The van der Waals surface area contributed by atoms with Gasteiger partial charge in [-0.05, 0) is 63.3 Å². The summed E-state index contributed by atoms with van der Waals surface area (Å²) in [5.74, 6) is 0.825. The van der Waals surface area contributed by atoms with Crippen molar-refractivity contribution in [3.05, 3.63) is 63.8 Å². The molecule has 1 aromatic carbocycles. The molecule has 10 heteroatoms. The number of anilines is 1. The van der Waals surface area contributed by atoms with Gasteiger partial charge in [0, 0.05) is 30.3 Å². The van der Waals surface area contributed by atoms with Gasteiger partial charge in [0.15, 0.2) is 0 Å². The largest absolute Gasteiger partial charge is 0.346 e. The van der Waals surface area contributed by atoms with E-state index in [0.29, 0.717) is 22.3 Å². The molecule has 0 bridgehead atoms. The molecule has 2 fully saturated rings. The summed E-state index contributed by atoms with van der Waals surface area (Å²) in [6, 6.07) is 11.3. The third kappa shape index (κ3) is 4.43. The van der Waals surface area contributed by atoms with Gasteiger partial charge in [0.2, 0.25) is 0 Å². The third-order valence-electron chi connectivity index (χ3n) is 6.35. The number of aromatic nitrogens is 2. The topological polar surface area (TPSA) is 73.7 Å². The first-order chi connectivity index (χ1) is 16.4. The molecule has 1 N–H and O–H groups in total. The Labute approximate surface area is 207 Å². The van der Waals surface area contributed by atoms with Crippen molar-refractivity contribution < 1.29 is 9.59 Å². The van der Waals surface area contributed by atoms with E-state index in [1.807, 2.05) is 54.4 Å². The first-order valence-electron chi connectivity index (χ1n) is 11.3. The zero-order valence-electron chi connectivity index (χ0n) is 19.1. The number of hydrogen-bond acceptors (Lipinski definition) is 5. The van der Waals surface area contributed by atoms with Gasteiger partial charge in [-0.3, -0.25) is 9.69 Å². The van der Waals surface area contributed by atoms with Crippen LogP contribution in [0.1, 0.15) is 28.3 Å². The second-order valence-corrected chi connectivity index (χ2v) is 10.7. The van der Waals surface area contributed by atoms with Gasteiger partial charge in [0.05, 0.1) is 34.4 Å². The number of imidazole rings is 1. The standard InChI is InChI=1S/C24H27ClN6O2S/c1-28(2)15-22-26-11-13-29(22)16-5-7-17(8-6-16)31-14-19-18(4-3-12-30(19)24(31)33)27-23(32)20-9-10-21(25)34-20/h5-11,13,18-19H,3-4,12,14-15H2,1-2H3,(H,27,32)/t18-,19-/m1/s1. The molecule has 2 aliphatic rings. The van der Waals surface area contributed by atoms with Crippen molar-refractivity contribution in [3.8, 4) is 5.69 Å². The SMILES string of the molecule is CN(C)Cc1nccn1-c1ccc(N2C[C@@H]3[C@H](NC(=O)c4ccc(Cl)s4)CCCN3C2=O)cc1. The van der Waals surface area contributed by atoms with Crippen LogP contribution in [0.15, 0.2) is 48.8 Å². The molecule has 3 aromatic rings. The molecule has 0 unspecified atom stereocenters. The van der Waals surface area contributed by atoms with Gasteiger partial charge in [-0.25, -0.2) is 9.78 Å². The Morgan fingerprint density at radius 2 is 1.97 bits per heavy atom. The summed E-state index contributed by atoms with van der Waals surface area (Å²) in [5, 5.41) is 3.14. The van der Waals surface area contributed by atoms with Crippen LogP contribution >= 0.6 is 22.9 Å². The van der Waals surface area contributed by atoms with Gasteiger partial charge in [-0.15, -0.1) is 11.3 Å². The Kier molecular flexibility index (Phi) is 6.33. The molecule has 0 aliphatic carbocycles. The molecule has 2 saturated heterocycles. The molecule has 5 rings (SSSR count). The predicted molar refractivity (Wildman–Crippen MR) is 134 cm³/mol. The monoisotopic (exact) mass is 498 g/mol. The zero-order valence-corrected chi connectivity index (χ0v) is 20.7. The maximum absolute atomic E-state index is 13.2. The summed E-state index contributed by atoms with van der Waals surface area (Å²) in [6.07, 6.45) is 5.46. The lowest BCUT2D eigenvalue weighted by atomic mass is 9.97. The van der Waals surface area contributed by atoms with Gasteiger partial charge < -0.3 is 19.7 Å². The smallest absolute Gasteiger partial charge is 0.324 e. The molecule has 0 saturated carbocycles. The van der Waals surface area contributed by atoms with Crippen LogP contribution in [0.2, 0.25) is 4.34 Å². The summed E-state index contributed by atoms with van der Waals surface area (Å²) in [6.45, 7) is 1.99. The van der Waals surface area contributed by atoms with E-state index in [9.17, 15) is 9.59 Å². The van der Waals surface area contributed by atoms with Gasteiger partial charge in [0.25, 0.3) is 5.91 Å². The van der Waals surface area contributed by atoms with E-state index in [-0.39, 0.29) is 24.0 Å². The Morgan fingerprint density at radius 3 is 2.68 bits per heavy atom. The van der Waals surface area contributed by atoms with Gasteiger partial charge in [-0.2, -0.15) is 0 Å². The number of benzene rings is 1.